The van der Waals surface area contributed by atoms with E-state index in [1.807, 2.05) is 35.7 Å². The standard InChI is InChI=1S/C20H24N2O3S/c1-13-19(14-7-9-22(13)10-8-14)21-20(23)15-3-5-16(6-4-15)25-18-11-17(24-2)12-26-18/h3-6,11-14,19H,7-10H2,1-2H3,(H,21,23). The van der Waals surface area contributed by atoms with Gasteiger partial charge in [0.05, 0.1) is 7.11 Å². The van der Waals surface area contributed by atoms with Gasteiger partial charge in [-0.2, -0.15) is 0 Å². The summed E-state index contributed by atoms with van der Waals surface area (Å²) in [5, 5.41) is 5.92. The van der Waals surface area contributed by atoms with Gasteiger partial charge in [0.15, 0.2) is 5.06 Å². The third-order valence-corrected chi connectivity index (χ3v) is 6.38. The average Bonchev–Trinajstić information content (AvgIpc) is 3.13. The summed E-state index contributed by atoms with van der Waals surface area (Å²) in [5.74, 6) is 2.10. The third-order valence-electron chi connectivity index (χ3n) is 5.60. The number of benzene rings is 1. The molecule has 3 aliphatic rings. The van der Waals surface area contributed by atoms with Crippen molar-refractivity contribution in [2.75, 3.05) is 20.2 Å². The average molecular weight is 372 g/mol. The smallest absolute Gasteiger partial charge is 0.251 e. The minimum absolute atomic E-state index is 0.0000529. The molecule has 26 heavy (non-hydrogen) atoms. The molecule has 5 nitrogen and oxygen atoms in total. The number of nitrogens with zero attached hydrogens (tertiary/aromatic N) is 1. The Kier molecular flexibility index (Phi) is 4.87. The molecule has 4 heterocycles. The van der Waals surface area contributed by atoms with Crippen molar-refractivity contribution in [3.8, 4) is 16.6 Å². The fraction of sp³-hybridized carbons (Fsp3) is 0.450. The highest BCUT2D eigenvalue weighted by Crippen LogP contribution is 2.33. The van der Waals surface area contributed by atoms with Crippen LogP contribution in [-0.4, -0.2) is 43.1 Å². The summed E-state index contributed by atoms with van der Waals surface area (Å²) in [7, 11) is 1.63. The summed E-state index contributed by atoms with van der Waals surface area (Å²) in [4.78, 5) is 15.1. The van der Waals surface area contributed by atoms with Gasteiger partial charge in [-0.15, -0.1) is 11.3 Å². The molecule has 1 N–H and O–H groups in total. The molecule has 3 saturated heterocycles. The van der Waals surface area contributed by atoms with E-state index in [2.05, 4.69) is 17.1 Å². The normalized spacial score (nSPS) is 27.2. The van der Waals surface area contributed by atoms with Crippen molar-refractivity contribution in [1.29, 1.82) is 0 Å². The molecular formula is C20H24N2O3S. The Morgan fingerprint density at radius 2 is 1.92 bits per heavy atom. The molecule has 0 spiro atoms. The van der Waals surface area contributed by atoms with Gasteiger partial charge in [-0.1, -0.05) is 0 Å². The molecule has 6 heteroatoms. The third kappa shape index (κ3) is 3.44. The topological polar surface area (TPSA) is 50.8 Å². The lowest BCUT2D eigenvalue weighted by molar-refractivity contribution is 0.0217. The summed E-state index contributed by atoms with van der Waals surface area (Å²) in [5.41, 5.74) is 0.671. The molecule has 138 valence electrons. The van der Waals surface area contributed by atoms with Gasteiger partial charge in [0.25, 0.3) is 5.91 Å². The first-order valence-corrected chi connectivity index (χ1v) is 9.97. The first-order chi connectivity index (χ1) is 12.6. The number of methoxy groups -OCH3 is 1. The Balaban J connectivity index is 1.39. The van der Waals surface area contributed by atoms with E-state index in [1.54, 1.807) is 7.11 Å². The second-order valence-corrected chi connectivity index (χ2v) is 7.92. The van der Waals surface area contributed by atoms with E-state index >= 15 is 0 Å². The van der Waals surface area contributed by atoms with Crippen LogP contribution in [0.3, 0.4) is 0 Å². The number of thiophene rings is 1. The van der Waals surface area contributed by atoms with Crippen molar-refractivity contribution in [3.05, 3.63) is 41.3 Å². The number of carbonyl (C=O) groups excluding carboxylic acids is 1. The summed E-state index contributed by atoms with van der Waals surface area (Å²) in [6.07, 6.45) is 2.37. The van der Waals surface area contributed by atoms with Crippen LogP contribution in [-0.2, 0) is 0 Å². The Bertz CT molecular complexity index is 764. The molecule has 2 aromatic rings. The monoisotopic (exact) mass is 372 g/mol. The number of fused-ring (bicyclic) bond motifs is 3. The SMILES string of the molecule is COc1csc(Oc2ccc(C(=O)NC3C4CCN(CC4)C3C)cc2)c1. The number of hydrogen-bond donors (Lipinski definition) is 1. The van der Waals surface area contributed by atoms with Crippen LogP contribution in [0.4, 0.5) is 0 Å². The molecule has 0 saturated carbocycles. The van der Waals surface area contributed by atoms with Crippen LogP contribution in [0.15, 0.2) is 35.7 Å². The van der Waals surface area contributed by atoms with Crippen LogP contribution in [0.1, 0.15) is 30.1 Å². The van der Waals surface area contributed by atoms with E-state index < -0.39 is 0 Å². The van der Waals surface area contributed by atoms with Crippen LogP contribution in [0.5, 0.6) is 16.6 Å². The first-order valence-electron chi connectivity index (χ1n) is 9.09. The Morgan fingerprint density at radius 3 is 2.54 bits per heavy atom. The minimum Gasteiger partial charge on any atom is -0.496 e. The minimum atomic E-state index is -0.0000529. The zero-order chi connectivity index (χ0) is 18.1. The molecular weight excluding hydrogens is 348 g/mol. The molecule has 1 aromatic heterocycles. The van der Waals surface area contributed by atoms with Crippen molar-refractivity contribution in [3.63, 3.8) is 0 Å². The van der Waals surface area contributed by atoms with Crippen LogP contribution < -0.4 is 14.8 Å². The predicted molar refractivity (Wildman–Crippen MR) is 102 cm³/mol. The van der Waals surface area contributed by atoms with Gasteiger partial charge in [-0.3, -0.25) is 9.69 Å². The number of amides is 1. The summed E-state index contributed by atoms with van der Waals surface area (Å²) >= 11 is 1.48. The summed E-state index contributed by atoms with van der Waals surface area (Å²) in [6, 6.07) is 9.83. The van der Waals surface area contributed by atoms with E-state index in [1.165, 1.54) is 24.2 Å². The molecule has 1 aromatic carbocycles. The Hall–Kier alpha value is -2.05. The summed E-state index contributed by atoms with van der Waals surface area (Å²) < 4.78 is 11.0. The predicted octanol–water partition coefficient (Wildman–Crippen LogP) is 3.76. The van der Waals surface area contributed by atoms with E-state index in [9.17, 15) is 4.79 Å². The summed E-state index contributed by atoms with van der Waals surface area (Å²) in [6.45, 7) is 4.55. The molecule has 1 amide bonds. The zero-order valence-corrected chi connectivity index (χ0v) is 15.9. The molecule has 3 fully saturated rings. The number of piperidine rings is 3. The molecule has 0 aliphatic carbocycles. The number of ether oxygens (including phenoxy) is 2. The molecule has 5 rings (SSSR count). The van der Waals surface area contributed by atoms with Crippen molar-refractivity contribution in [2.24, 2.45) is 5.92 Å². The van der Waals surface area contributed by atoms with Gasteiger partial charge in [0.1, 0.15) is 11.5 Å². The van der Waals surface area contributed by atoms with Crippen molar-refractivity contribution < 1.29 is 14.3 Å². The molecule has 0 radical (unpaired) electrons. The molecule has 2 unspecified atom stereocenters. The quantitative estimate of drug-likeness (QED) is 0.868. The van der Waals surface area contributed by atoms with Gasteiger partial charge in [0, 0.05) is 29.1 Å². The van der Waals surface area contributed by atoms with Crippen LogP contribution in [0.2, 0.25) is 0 Å². The largest absolute Gasteiger partial charge is 0.496 e. The first kappa shape index (κ1) is 17.4. The fourth-order valence-electron chi connectivity index (χ4n) is 4.03. The second kappa shape index (κ2) is 7.29. The van der Waals surface area contributed by atoms with Crippen LogP contribution in [0, 0.1) is 5.92 Å². The fourth-order valence-corrected chi connectivity index (χ4v) is 4.76. The Morgan fingerprint density at radius 1 is 1.19 bits per heavy atom. The lowest BCUT2D eigenvalue weighted by Gasteiger charge is -2.49. The highest BCUT2D eigenvalue weighted by Gasteiger charge is 2.40. The van der Waals surface area contributed by atoms with E-state index in [-0.39, 0.29) is 11.9 Å². The molecule has 3 aliphatic heterocycles. The van der Waals surface area contributed by atoms with Gasteiger partial charge < -0.3 is 14.8 Å². The number of carbonyl (C=O) groups is 1. The maximum atomic E-state index is 12.7. The van der Waals surface area contributed by atoms with E-state index in [4.69, 9.17) is 9.47 Å². The van der Waals surface area contributed by atoms with Crippen molar-refractivity contribution in [2.45, 2.75) is 31.8 Å². The van der Waals surface area contributed by atoms with E-state index in [0.717, 1.165) is 23.9 Å². The maximum absolute atomic E-state index is 12.7. The van der Waals surface area contributed by atoms with Crippen molar-refractivity contribution >= 4 is 17.2 Å². The second-order valence-electron chi connectivity index (χ2n) is 7.05. The Labute approximate surface area is 157 Å². The molecule has 2 bridgehead atoms. The van der Waals surface area contributed by atoms with E-state index in [0.29, 0.717) is 23.3 Å². The number of nitrogens with one attached hydrogen (secondary N) is 1. The number of hydrogen-bond acceptors (Lipinski definition) is 5. The zero-order valence-electron chi connectivity index (χ0n) is 15.1. The van der Waals surface area contributed by atoms with Gasteiger partial charge in [-0.05, 0) is 63.0 Å². The highest BCUT2D eigenvalue weighted by molar-refractivity contribution is 7.12. The van der Waals surface area contributed by atoms with Crippen molar-refractivity contribution in [1.82, 2.24) is 10.2 Å². The lowest BCUT2D eigenvalue weighted by atomic mass is 9.79. The van der Waals surface area contributed by atoms with Crippen LogP contribution >= 0.6 is 11.3 Å². The lowest BCUT2D eigenvalue weighted by Crippen LogP contribution is -2.62. The van der Waals surface area contributed by atoms with Crippen LogP contribution in [0.25, 0.3) is 0 Å². The van der Waals surface area contributed by atoms with Gasteiger partial charge in [0.2, 0.25) is 0 Å². The van der Waals surface area contributed by atoms with Gasteiger partial charge in [-0.25, -0.2) is 0 Å². The number of rotatable bonds is 5. The highest BCUT2D eigenvalue weighted by atomic mass is 32.1. The molecule has 2 atom stereocenters. The maximum Gasteiger partial charge on any atom is 0.251 e. The van der Waals surface area contributed by atoms with Gasteiger partial charge >= 0.3 is 0 Å².